The van der Waals surface area contributed by atoms with Crippen molar-refractivity contribution < 1.29 is 18.0 Å². The van der Waals surface area contributed by atoms with Gasteiger partial charge in [-0.15, -0.1) is 24.0 Å². The summed E-state index contributed by atoms with van der Waals surface area (Å²) in [7, 11) is -1.47. The predicted molar refractivity (Wildman–Crippen MR) is 119 cm³/mol. The van der Waals surface area contributed by atoms with Crippen LogP contribution in [0.1, 0.15) is 12.8 Å². The van der Waals surface area contributed by atoms with Crippen molar-refractivity contribution in [2.75, 3.05) is 45.5 Å². The third-order valence-electron chi connectivity index (χ3n) is 6.27. The highest BCUT2D eigenvalue weighted by atomic mass is 127. The Labute approximate surface area is 188 Å². The summed E-state index contributed by atoms with van der Waals surface area (Å²) in [5.74, 6) is 0.771. The van der Waals surface area contributed by atoms with Crippen molar-refractivity contribution in [3.63, 3.8) is 0 Å². The van der Waals surface area contributed by atoms with E-state index in [0.717, 1.165) is 6.42 Å². The fraction of sp³-hybridized carbons (Fsp3) is 0.722. The molecule has 11 heteroatoms. The van der Waals surface area contributed by atoms with Gasteiger partial charge in [-0.2, -0.15) is 0 Å². The number of fused-ring (bicyclic) bond motifs is 5. The highest BCUT2D eigenvalue weighted by Crippen LogP contribution is 2.52. The molecule has 29 heavy (non-hydrogen) atoms. The maximum atomic E-state index is 12.6. The summed E-state index contributed by atoms with van der Waals surface area (Å²) in [5.41, 5.74) is 0. The number of carbonyl (C=O) groups excluding carboxylic acids is 2. The van der Waals surface area contributed by atoms with Crippen LogP contribution in [0.3, 0.4) is 0 Å². The Kier molecular flexibility index (Phi) is 6.88. The minimum Gasteiger partial charge on any atom is -0.355 e. The smallest absolute Gasteiger partial charge is 0.233 e. The number of nitrogens with one attached hydrogen (secondary N) is 2. The van der Waals surface area contributed by atoms with Crippen LogP contribution in [0.5, 0.6) is 0 Å². The van der Waals surface area contributed by atoms with Crippen LogP contribution >= 0.6 is 24.0 Å². The number of hydrogen-bond donors (Lipinski definition) is 2. The van der Waals surface area contributed by atoms with Crippen LogP contribution in [-0.2, 0) is 19.6 Å². The zero-order valence-electron chi connectivity index (χ0n) is 16.4. The van der Waals surface area contributed by atoms with Crippen LogP contribution in [0.15, 0.2) is 17.1 Å². The van der Waals surface area contributed by atoms with Gasteiger partial charge in [-0.25, -0.2) is 12.7 Å². The first-order valence-electron chi connectivity index (χ1n) is 9.88. The number of carbonyl (C=O) groups is 2. The van der Waals surface area contributed by atoms with E-state index in [0.29, 0.717) is 45.1 Å². The molecule has 2 saturated heterocycles. The number of halogens is 1. The normalized spacial score (nSPS) is 32.6. The van der Waals surface area contributed by atoms with E-state index in [1.165, 1.54) is 9.21 Å². The molecule has 0 radical (unpaired) electrons. The quantitative estimate of drug-likeness (QED) is 0.157. The number of guanidine groups is 1. The monoisotopic (exact) mass is 537 g/mol. The molecule has 0 spiro atoms. The predicted octanol–water partition coefficient (Wildman–Crippen LogP) is -0.388. The molecular formula is C18H28IN5O4S. The van der Waals surface area contributed by atoms with Gasteiger partial charge in [0.15, 0.2) is 5.96 Å². The number of allylic oxidation sites excluding steroid dienone is 2. The highest BCUT2D eigenvalue weighted by Gasteiger charge is 2.58. The summed E-state index contributed by atoms with van der Waals surface area (Å²) in [6.07, 6.45) is 5.78. The van der Waals surface area contributed by atoms with Crippen LogP contribution < -0.4 is 10.6 Å². The van der Waals surface area contributed by atoms with E-state index in [2.05, 4.69) is 27.8 Å². The number of hydrogen-bond acceptors (Lipinski definition) is 5. The van der Waals surface area contributed by atoms with Crippen molar-refractivity contribution in [3.8, 4) is 0 Å². The second-order valence-electron chi connectivity index (χ2n) is 7.82. The minimum absolute atomic E-state index is 0. The number of rotatable bonds is 6. The molecule has 0 aromatic heterocycles. The molecule has 0 aromatic rings. The molecule has 2 amide bonds. The van der Waals surface area contributed by atoms with Crippen molar-refractivity contribution >= 4 is 51.8 Å². The Morgan fingerprint density at radius 2 is 1.69 bits per heavy atom. The molecular weight excluding hydrogens is 509 g/mol. The number of nitrogens with zero attached hydrogens (tertiary/aromatic N) is 3. The zero-order chi connectivity index (χ0) is 19.9. The number of imide groups is 1. The Morgan fingerprint density at radius 3 is 2.21 bits per heavy atom. The van der Waals surface area contributed by atoms with Gasteiger partial charge in [-0.3, -0.25) is 19.5 Å². The minimum atomic E-state index is -3.10. The molecule has 1 saturated carbocycles. The van der Waals surface area contributed by atoms with Crippen molar-refractivity contribution in [2.24, 2.45) is 28.7 Å². The first-order chi connectivity index (χ1) is 13.4. The van der Waals surface area contributed by atoms with Gasteiger partial charge in [0.25, 0.3) is 0 Å². The molecule has 4 rings (SSSR count). The third-order valence-corrected chi connectivity index (χ3v) is 8.23. The average molecular weight is 537 g/mol. The molecule has 4 unspecified atom stereocenters. The lowest BCUT2D eigenvalue weighted by atomic mass is 9.85. The molecule has 3 fully saturated rings. The first-order valence-corrected chi connectivity index (χ1v) is 11.5. The molecule has 2 aliphatic carbocycles. The van der Waals surface area contributed by atoms with E-state index in [-0.39, 0.29) is 65.2 Å². The fourth-order valence-electron chi connectivity index (χ4n) is 4.93. The number of aliphatic imine (C=N–C) groups is 1. The van der Waals surface area contributed by atoms with Crippen LogP contribution in [0, 0.1) is 23.7 Å². The molecule has 2 bridgehead atoms. The summed E-state index contributed by atoms with van der Waals surface area (Å²) in [4.78, 5) is 30.8. The number of amides is 2. The van der Waals surface area contributed by atoms with Crippen LogP contribution in [0.2, 0.25) is 0 Å². The first kappa shape index (κ1) is 22.5. The molecule has 4 atom stereocenters. The summed E-state index contributed by atoms with van der Waals surface area (Å²) < 4.78 is 25.1. The largest absolute Gasteiger partial charge is 0.355 e. The maximum Gasteiger partial charge on any atom is 0.233 e. The Bertz CT molecular complexity index is 800. The average Bonchev–Trinajstić information content (AvgIpc) is 3.40. The summed E-state index contributed by atoms with van der Waals surface area (Å²) in [6.45, 7) is 2.12. The van der Waals surface area contributed by atoms with Crippen molar-refractivity contribution in [1.29, 1.82) is 0 Å². The molecule has 162 valence electrons. The Balaban J connectivity index is 0.00000240. The van der Waals surface area contributed by atoms with Gasteiger partial charge in [0.1, 0.15) is 0 Å². The van der Waals surface area contributed by atoms with Crippen molar-refractivity contribution in [1.82, 2.24) is 19.8 Å². The molecule has 2 aliphatic heterocycles. The Hall–Kier alpha value is -1.21. The van der Waals surface area contributed by atoms with Gasteiger partial charge in [0.2, 0.25) is 21.8 Å². The molecule has 2 heterocycles. The topological polar surface area (TPSA) is 111 Å². The fourth-order valence-corrected chi connectivity index (χ4v) is 6.46. The molecule has 9 nitrogen and oxygen atoms in total. The van der Waals surface area contributed by atoms with Gasteiger partial charge in [-0.1, -0.05) is 12.2 Å². The lowest BCUT2D eigenvalue weighted by Crippen LogP contribution is -2.45. The van der Waals surface area contributed by atoms with E-state index in [1.807, 2.05) is 0 Å². The summed E-state index contributed by atoms with van der Waals surface area (Å²) in [6, 6.07) is 0. The van der Waals surface area contributed by atoms with E-state index in [4.69, 9.17) is 0 Å². The standard InChI is InChI=1S/C18H27N5O4S.HI/c1-19-18(20-5-8-22-7-2-10-28(22,26)27)21-6-9-23-16(24)14-12-3-4-13(11-12)15(14)17(23)25;/h3-4,12-15H,2,5-11H2,1H3,(H2,19,20,21);1H. The SMILES string of the molecule is CN=C(NCCN1C(=O)C2C3C=CC(C3)C2C1=O)NCCN1CCCS1(=O)=O.I. The zero-order valence-corrected chi connectivity index (χ0v) is 19.6. The van der Waals surface area contributed by atoms with Gasteiger partial charge in [0.05, 0.1) is 17.6 Å². The lowest BCUT2D eigenvalue weighted by molar-refractivity contribution is -0.140. The second kappa shape index (κ2) is 8.88. The second-order valence-corrected chi connectivity index (χ2v) is 9.91. The van der Waals surface area contributed by atoms with Gasteiger partial charge in [0, 0.05) is 39.8 Å². The third kappa shape index (κ3) is 4.18. The summed E-state index contributed by atoms with van der Waals surface area (Å²) in [5, 5.41) is 6.18. The Morgan fingerprint density at radius 1 is 1.10 bits per heavy atom. The molecule has 4 aliphatic rings. The van der Waals surface area contributed by atoms with Crippen molar-refractivity contribution in [3.05, 3.63) is 12.2 Å². The lowest BCUT2D eigenvalue weighted by Gasteiger charge is -2.19. The number of likely N-dealkylation sites (tertiary alicyclic amines) is 1. The van der Waals surface area contributed by atoms with Crippen molar-refractivity contribution in [2.45, 2.75) is 12.8 Å². The van der Waals surface area contributed by atoms with Gasteiger partial charge in [-0.05, 0) is 24.7 Å². The summed E-state index contributed by atoms with van der Waals surface area (Å²) >= 11 is 0. The van der Waals surface area contributed by atoms with E-state index >= 15 is 0 Å². The highest BCUT2D eigenvalue weighted by molar-refractivity contribution is 14.0. The number of sulfonamides is 1. The van der Waals surface area contributed by atoms with Crippen LogP contribution in [-0.4, -0.2) is 80.9 Å². The van der Waals surface area contributed by atoms with Gasteiger partial charge < -0.3 is 10.6 Å². The maximum absolute atomic E-state index is 12.6. The molecule has 2 N–H and O–H groups in total. The van der Waals surface area contributed by atoms with Gasteiger partial charge >= 0.3 is 0 Å². The van der Waals surface area contributed by atoms with E-state index < -0.39 is 10.0 Å². The van der Waals surface area contributed by atoms with E-state index in [9.17, 15) is 18.0 Å². The molecule has 0 aromatic carbocycles. The van der Waals surface area contributed by atoms with E-state index in [1.54, 1.807) is 7.05 Å². The van der Waals surface area contributed by atoms with Crippen LogP contribution in [0.25, 0.3) is 0 Å². The van der Waals surface area contributed by atoms with Crippen LogP contribution in [0.4, 0.5) is 0 Å².